The third-order valence-electron chi connectivity index (χ3n) is 3.44. The first-order valence-corrected chi connectivity index (χ1v) is 7.60. The zero-order valence-electron chi connectivity index (χ0n) is 13.6. The van der Waals surface area contributed by atoms with Crippen LogP contribution in [-0.4, -0.2) is 38.9 Å². The van der Waals surface area contributed by atoms with Gasteiger partial charge in [0.25, 0.3) is 5.56 Å². The molecule has 0 bridgehead atoms. The molecule has 3 rings (SSSR count). The summed E-state index contributed by atoms with van der Waals surface area (Å²) in [5.74, 6) is -1.54. The van der Waals surface area contributed by atoms with E-state index in [4.69, 9.17) is 5.11 Å². The molecule has 2 aromatic rings. The summed E-state index contributed by atoms with van der Waals surface area (Å²) in [4.78, 5) is 24.5. The van der Waals surface area contributed by atoms with E-state index in [0.29, 0.717) is 11.9 Å². The Morgan fingerprint density at radius 1 is 1.16 bits per heavy atom. The number of anilines is 1. The molecule has 2 amide bonds. The Morgan fingerprint density at radius 3 is 2.28 bits per heavy atom. The van der Waals surface area contributed by atoms with Crippen LogP contribution >= 0.6 is 0 Å². The second kappa shape index (κ2) is 8.22. The number of halogens is 2. The number of carbonyl (C=O) groups excluding carboxylic acids is 1. The van der Waals surface area contributed by atoms with Crippen LogP contribution in [0, 0.1) is 11.6 Å². The van der Waals surface area contributed by atoms with Crippen molar-refractivity contribution in [1.82, 2.24) is 14.7 Å². The molecule has 25 heavy (non-hydrogen) atoms. The number of rotatable bonds is 1. The summed E-state index contributed by atoms with van der Waals surface area (Å²) >= 11 is 0. The van der Waals surface area contributed by atoms with Crippen molar-refractivity contribution in [3.05, 3.63) is 52.3 Å². The molecule has 0 radical (unpaired) electrons. The number of phenolic OH excluding ortho intramolecular Hbond substituents is 1. The summed E-state index contributed by atoms with van der Waals surface area (Å²) < 4.78 is 25.3. The molecule has 2 heterocycles. The molecule has 9 heteroatoms. The van der Waals surface area contributed by atoms with Gasteiger partial charge in [-0.3, -0.25) is 10.1 Å². The molecule has 0 unspecified atom stereocenters. The average molecular weight is 352 g/mol. The molecule has 1 aliphatic rings. The Kier molecular flexibility index (Phi) is 6.04. The van der Waals surface area contributed by atoms with Crippen LogP contribution in [-0.2, 0) is 7.05 Å². The Bertz CT molecular complexity index is 754. The number of phenols is 1. The van der Waals surface area contributed by atoms with Crippen LogP contribution in [0.2, 0.25) is 0 Å². The van der Waals surface area contributed by atoms with Crippen LogP contribution in [0.15, 0.2) is 35.1 Å². The number of carbonyl (C=O) groups is 1. The van der Waals surface area contributed by atoms with Crippen LogP contribution in [0.5, 0.6) is 5.75 Å². The van der Waals surface area contributed by atoms with Crippen LogP contribution in [0.3, 0.4) is 0 Å². The predicted octanol–water partition coefficient (Wildman–Crippen LogP) is 2.08. The SMILES string of the molecule is Cn1nc(NC(=O)N2CCCC2)ccc1=O.Oc1cc(F)cc(F)c1. The minimum absolute atomic E-state index is 0.149. The first-order chi connectivity index (χ1) is 11.8. The van der Waals surface area contributed by atoms with Gasteiger partial charge in [-0.25, -0.2) is 18.3 Å². The van der Waals surface area contributed by atoms with Crippen LogP contribution < -0.4 is 10.9 Å². The van der Waals surface area contributed by atoms with E-state index >= 15 is 0 Å². The fourth-order valence-electron chi connectivity index (χ4n) is 2.22. The molecule has 7 nitrogen and oxygen atoms in total. The van der Waals surface area contributed by atoms with E-state index in [0.717, 1.165) is 38.1 Å². The van der Waals surface area contributed by atoms with Crippen LogP contribution in [0.4, 0.5) is 19.4 Å². The van der Waals surface area contributed by atoms with E-state index in [1.54, 1.807) is 11.9 Å². The first kappa shape index (κ1) is 18.4. The fraction of sp³-hybridized carbons (Fsp3) is 0.312. The molecule has 1 aromatic carbocycles. The number of likely N-dealkylation sites (tertiary alicyclic amines) is 1. The van der Waals surface area contributed by atoms with Gasteiger partial charge in [0.1, 0.15) is 17.4 Å². The first-order valence-electron chi connectivity index (χ1n) is 7.60. The lowest BCUT2D eigenvalue weighted by molar-refractivity contribution is 0.222. The van der Waals surface area contributed by atoms with Gasteiger partial charge in [0.2, 0.25) is 0 Å². The maximum Gasteiger partial charge on any atom is 0.323 e. The third kappa shape index (κ3) is 5.55. The molecule has 1 aromatic heterocycles. The second-order valence-corrected chi connectivity index (χ2v) is 5.43. The van der Waals surface area contributed by atoms with E-state index in [2.05, 4.69) is 10.4 Å². The average Bonchev–Trinajstić information content (AvgIpc) is 3.04. The largest absolute Gasteiger partial charge is 0.508 e. The molecule has 0 atom stereocenters. The number of aromatic hydroxyl groups is 1. The molecule has 134 valence electrons. The van der Waals surface area contributed by atoms with Crippen LogP contribution in [0.1, 0.15) is 12.8 Å². The summed E-state index contributed by atoms with van der Waals surface area (Å²) in [7, 11) is 1.55. The van der Waals surface area contributed by atoms with E-state index in [-0.39, 0.29) is 11.6 Å². The molecule has 0 aliphatic carbocycles. The van der Waals surface area contributed by atoms with Crippen molar-refractivity contribution < 1.29 is 18.7 Å². The molecule has 0 saturated carbocycles. The van der Waals surface area contributed by atoms with E-state index in [9.17, 15) is 18.4 Å². The Morgan fingerprint density at radius 2 is 1.76 bits per heavy atom. The number of hydrogen-bond acceptors (Lipinski definition) is 4. The van der Waals surface area contributed by atoms with Crippen molar-refractivity contribution in [3.8, 4) is 5.75 Å². The quantitative estimate of drug-likeness (QED) is 0.823. The zero-order chi connectivity index (χ0) is 18.4. The Balaban J connectivity index is 0.000000212. The zero-order valence-corrected chi connectivity index (χ0v) is 13.6. The van der Waals surface area contributed by atoms with Crippen molar-refractivity contribution in [1.29, 1.82) is 0 Å². The summed E-state index contributed by atoms with van der Waals surface area (Å²) in [6, 6.07) is 5.11. The topological polar surface area (TPSA) is 87.5 Å². The van der Waals surface area contributed by atoms with Crippen molar-refractivity contribution in [2.45, 2.75) is 12.8 Å². The standard InChI is InChI=1S/C10H14N4O2.C6H4F2O/c1-13-9(15)5-4-8(12-13)11-10(16)14-6-2-3-7-14;7-4-1-5(8)3-6(9)2-4/h4-5H,2-3,6-7H2,1H3,(H,11,12,16);1-3,9H. The van der Waals surface area contributed by atoms with Gasteiger partial charge in [0, 0.05) is 44.4 Å². The highest BCUT2D eigenvalue weighted by Crippen LogP contribution is 2.12. The Hall–Kier alpha value is -2.97. The molecule has 0 spiro atoms. The van der Waals surface area contributed by atoms with E-state index < -0.39 is 17.4 Å². The number of hydrogen-bond donors (Lipinski definition) is 2. The van der Waals surface area contributed by atoms with Crippen molar-refractivity contribution in [2.75, 3.05) is 18.4 Å². The van der Waals surface area contributed by atoms with Crippen molar-refractivity contribution in [2.24, 2.45) is 7.05 Å². The van der Waals surface area contributed by atoms with Crippen molar-refractivity contribution in [3.63, 3.8) is 0 Å². The number of aryl methyl sites for hydroxylation is 1. The summed E-state index contributed by atoms with van der Waals surface area (Å²) in [6.45, 7) is 1.58. The number of urea groups is 1. The minimum atomic E-state index is -0.771. The van der Waals surface area contributed by atoms with Gasteiger partial charge < -0.3 is 10.0 Å². The maximum absolute atomic E-state index is 12.0. The lowest BCUT2D eigenvalue weighted by Crippen LogP contribution is -2.33. The highest BCUT2D eigenvalue weighted by molar-refractivity contribution is 5.88. The fourth-order valence-corrected chi connectivity index (χ4v) is 2.22. The molecular weight excluding hydrogens is 334 g/mol. The number of nitrogens with one attached hydrogen (secondary N) is 1. The number of amides is 2. The summed E-state index contributed by atoms with van der Waals surface area (Å²) in [5.41, 5.74) is -0.195. The highest BCUT2D eigenvalue weighted by atomic mass is 19.1. The lowest BCUT2D eigenvalue weighted by Gasteiger charge is -2.15. The molecule has 1 aliphatic heterocycles. The molecule has 1 saturated heterocycles. The normalized spacial score (nSPS) is 13.2. The van der Waals surface area contributed by atoms with Gasteiger partial charge in [0.05, 0.1) is 0 Å². The predicted molar refractivity (Wildman–Crippen MR) is 87.3 cm³/mol. The van der Waals surface area contributed by atoms with Crippen LogP contribution in [0.25, 0.3) is 0 Å². The second-order valence-electron chi connectivity index (χ2n) is 5.43. The third-order valence-corrected chi connectivity index (χ3v) is 3.44. The van der Waals surface area contributed by atoms with E-state index in [1.165, 1.54) is 16.8 Å². The lowest BCUT2D eigenvalue weighted by atomic mass is 10.3. The number of nitrogens with zero attached hydrogens (tertiary/aromatic N) is 3. The van der Waals surface area contributed by atoms with Gasteiger partial charge in [-0.1, -0.05) is 0 Å². The smallest absolute Gasteiger partial charge is 0.323 e. The van der Waals surface area contributed by atoms with Crippen molar-refractivity contribution >= 4 is 11.8 Å². The molecule has 2 N–H and O–H groups in total. The number of aromatic nitrogens is 2. The van der Waals surface area contributed by atoms with E-state index in [1.807, 2.05) is 0 Å². The molecule has 1 fully saturated rings. The van der Waals surface area contributed by atoms with Gasteiger partial charge in [-0.15, -0.1) is 0 Å². The summed E-state index contributed by atoms with van der Waals surface area (Å²) in [5, 5.41) is 15.1. The number of benzene rings is 1. The molecular formula is C16H18F2N4O3. The van der Waals surface area contributed by atoms with Gasteiger partial charge in [-0.05, 0) is 18.9 Å². The highest BCUT2D eigenvalue weighted by Gasteiger charge is 2.18. The Labute approximate surface area is 142 Å². The summed E-state index contributed by atoms with van der Waals surface area (Å²) in [6.07, 6.45) is 2.10. The van der Waals surface area contributed by atoms with Gasteiger partial charge in [-0.2, -0.15) is 5.10 Å². The van der Waals surface area contributed by atoms with Gasteiger partial charge >= 0.3 is 6.03 Å². The van der Waals surface area contributed by atoms with Gasteiger partial charge in [0.15, 0.2) is 5.82 Å². The monoisotopic (exact) mass is 352 g/mol. The minimum Gasteiger partial charge on any atom is -0.508 e. The maximum atomic E-state index is 12.0.